The number of ether oxygens (including phenoxy) is 4. The maximum Gasteiger partial charge on any atom is 0.410 e. The molecule has 2 N–H and O–H groups in total. The third-order valence-corrected chi connectivity index (χ3v) is 8.83. The number of rotatable bonds is 10. The van der Waals surface area contributed by atoms with Crippen LogP contribution < -0.4 is 5.32 Å². The molecule has 4 aliphatic heterocycles. The first-order chi connectivity index (χ1) is 20.1. The van der Waals surface area contributed by atoms with E-state index in [1.807, 2.05) is 26.0 Å². The van der Waals surface area contributed by atoms with Gasteiger partial charge in [0, 0.05) is 32.0 Å². The second-order valence-corrected chi connectivity index (χ2v) is 12.4. The zero-order valence-corrected chi connectivity index (χ0v) is 25.4. The zero-order valence-electron chi connectivity index (χ0n) is 25.4. The molecule has 0 saturated carbocycles. The molecule has 2 amide bonds. The first-order valence-electron chi connectivity index (χ1n) is 15.5. The molecule has 4 rings (SSSR count). The van der Waals surface area contributed by atoms with Crippen LogP contribution in [0.5, 0.6) is 0 Å². The minimum Gasteiger partial charge on any atom is -0.442 e. The number of aldehydes is 1. The van der Waals surface area contributed by atoms with Crippen LogP contribution in [0.4, 0.5) is 4.79 Å². The zero-order chi connectivity index (χ0) is 30.3. The van der Waals surface area contributed by atoms with Gasteiger partial charge in [-0.2, -0.15) is 0 Å². The highest BCUT2D eigenvalue weighted by Crippen LogP contribution is 2.43. The molecule has 7 unspecified atom stereocenters. The summed E-state index contributed by atoms with van der Waals surface area (Å²) in [7, 11) is 0. The maximum atomic E-state index is 12.6. The molecule has 0 aromatic heterocycles. The van der Waals surface area contributed by atoms with Crippen LogP contribution in [0.25, 0.3) is 0 Å². The SMILES string of the molecule is CC(/C=C/C1O[C@H](CC=O)CC2(CO2)[C@@H]1O)=C\CC1OC(C)C(NC(=O)/C=C\C(C)OC(=O)N2CCCCC2)CC1C. The van der Waals surface area contributed by atoms with E-state index < -0.39 is 23.9 Å². The Balaban J connectivity index is 1.21. The largest absolute Gasteiger partial charge is 0.442 e. The molecule has 42 heavy (non-hydrogen) atoms. The lowest BCUT2D eigenvalue weighted by Gasteiger charge is -2.39. The van der Waals surface area contributed by atoms with E-state index >= 15 is 0 Å². The van der Waals surface area contributed by atoms with Crippen LogP contribution in [0, 0.1) is 5.92 Å². The first kappa shape index (κ1) is 32.4. The molecule has 4 saturated heterocycles. The number of piperidine rings is 1. The summed E-state index contributed by atoms with van der Waals surface area (Å²) in [6.07, 6.45) is 12.7. The molecule has 10 heteroatoms. The van der Waals surface area contributed by atoms with Crippen molar-refractivity contribution in [3.63, 3.8) is 0 Å². The van der Waals surface area contributed by atoms with Gasteiger partial charge in [0.15, 0.2) is 0 Å². The van der Waals surface area contributed by atoms with Gasteiger partial charge in [-0.05, 0) is 64.9 Å². The van der Waals surface area contributed by atoms with E-state index in [0.29, 0.717) is 13.0 Å². The minimum atomic E-state index is -0.758. The quantitative estimate of drug-likeness (QED) is 0.172. The fourth-order valence-electron chi connectivity index (χ4n) is 6.06. The van der Waals surface area contributed by atoms with Gasteiger partial charge in [0.25, 0.3) is 0 Å². The van der Waals surface area contributed by atoms with Crippen LogP contribution in [-0.4, -0.2) is 96.3 Å². The van der Waals surface area contributed by atoms with E-state index in [1.165, 1.54) is 6.08 Å². The molecule has 0 aromatic rings. The van der Waals surface area contributed by atoms with Crippen molar-refractivity contribution >= 4 is 18.3 Å². The fourth-order valence-corrected chi connectivity index (χ4v) is 6.06. The Bertz CT molecular complexity index is 1030. The molecule has 4 aliphatic rings. The van der Waals surface area contributed by atoms with Crippen molar-refractivity contribution in [2.75, 3.05) is 19.7 Å². The van der Waals surface area contributed by atoms with Crippen molar-refractivity contribution in [3.8, 4) is 0 Å². The van der Waals surface area contributed by atoms with E-state index in [9.17, 15) is 19.5 Å². The van der Waals surface area contributed by atoms with Crippen LogP contribution >= 0.6 is 0 Å². The fraction of sp³-hybridized carbons (Fsp3) is 0.719. The van der Waals surface area contributed by atoms with Crippen molar-refractivity contribution < 1.29 is 38.4 Å². The van der Waals surface area contributed by atoms with Crippen LogP contribution in [0.3, 0.4) is 0 Å². The number of nitrogens with zero attached hydrogens (tertiary/aromatic N) is 1. The molecule has 234 valence electrons. The average Bonchev–Trinajstić information content (AvgIpc) is 3.74. The summed E-state index contributed by atoms with van der Waals surface area (Å²) in [6.45, 7) is 9.78. The predicted molar refractivity (Wildman–Crippen MR) is 157 cm³/mol. The number of epoxide rings is 1. The third kappa shape index (κ3) is 8.75. The molecule has 4 fully saturated rings. The highest BCUT2D eigenvalue weighted by Gasteiger charge is 2.58. The number of hydrogen-bond acceptors (Lipinski definition) is 8. The van der Waals surface area contributed by atoms with Crippen LogP contribution in [0.2, 0.25) is 0 Å². The van der Waals surface area contributed by atoms with Crippen LogP contribution in [0.1, 0.15) is 72.6 Å². The summed E-state index contributed by atoms with van der Waals surface area (Å²) in [5.41, 5.74) is 0.438. The Labute approximate surface area is 249 Å². The molecule has 0 radical (unpaired) electrons. The Morgan fingerprint density at radius 2 is 1.88 bits per heavy atom. The molecule has 0 aromatic carbocycles. The van der Waals surface area contributed by atoms with Gasteiger partial charge < -0.3 is 39.1 Å². The molecule has 0 bridgehead atoms. The van der Waals surface area contributed by atoms with Gasteiger partial charge in [-0.15, -0.1) is 0 Å². The second-order valence-electron chi connectivity index (χ2n) is 12.4. The smallest absolute Gasteiger partial charge is 0.410 e. The number of allylic oxidation sites excluding steroid dienone is 2. The molecule has 10 nitrogen and oxygen atoms in total. The van der Waals surface area contributed by atoms with E-state index in [0.717, 1.165) is 57.1 Å². The summed E-state index contributed by atoms with van der Waals surface area (Å²) in [5, 5.41) is 13.7. The lowest BCUT2D eigenvalue weighted by atomic mass is 9.87. The summed E-state index contributed by atoms with van der Waals surface area (Å²) in [5.74, 6) is -0.00358. The topological polar surface area (TPSA) is 127 Å². The number of hydrogen-bond donors (Lipinski definition) is 2. The highest BCUT2D eigenvalue weighted by atomic mass is 16.6. The van der Waals surface area contributed by atoms with E-state index in [1.54, 1.807) is 17.9 Å². The van der Waals surface area contributed by atoms with Gasteiger partial charge in [0.05, 0.1) is 31.0 Å². The molecule has 0 aliphatic carbocycles. The van der Waals surface area contributed by atoms with Crippen LogP contribution in [-0.2, 0) is 28.5 Å². The highest BCUT2D eigenvalue weighted by molar-refractivity contribution is 5.87. The number of carbonyl (C=O) groups is 3. The average molecular weight is 589 g/mol. The van der Waals surface area contributed by atoms with Crippen molar-refractivity contribution in [2.24, 2.45) is 5.92 Å². The number of likely N-dealkylation sites (tertiary alicyclic amines) is 1. The Morgan fingerprint density at radius 3 is 2.57 bits per heavy atom. The molecule has 9 atom stereocenters. The Hall–Kier alpha value is -2.53. The van der Waals surface area contributed by atoms with Gasteiger partial charge in [0.2, 0.25) is 5.91 Å². The van der Waals surface area contributed by atoms with Crippen molar-refractivity contribution in [2.45, 2.75) is 121 Å². The van der Waals surface area contributed by atoms with Gasteiger partial charge in [0.1, 0.15) is 30.2 Å². The monoisotopic (exact) mass is 588 g/mol. The Morgan fingerprint density at radius 1 is 1.14 bits per heavy atom. The second kappa shape index (κ2) is 14.8. The molecule has 1 spiro atoms. The van der Waals surface area contributed by atoms with Crippen molar-refractivity contribution in [1.29, 1.82) is 0 Å². The minimum absolute atomic E-state index is 0.0119. The summed E-state index contributed by atoms with van der Waals surface area (Å²) >= 11 is 0. The van der Waals surface area contributed by atoms with Crippen molar-refractivity contribution in [1.82, 2.24) is 10.2 Å². The first-order valence-corrected chi connectivity index (χ1v) is 15.5. The Kier molecular flexibility index (Phi) is 11.4. The van der Waals surface area contributed by atoms with E-state index in [4.69, 9.17) is 18.9 Å². The molecular weight excluding hydrogens is 540 g/mol. The summed E-state index contributed by atoms with van der Waals surface area (Å²) in [4.78, 5) is 37.6. The summed E-state index contributed by atoms with van der Waals surface area (Å²) in [6, 6.07) is -0.120. The number of aliphatic hydroxyl groups excluding tert-OH is 1. The van der Waals surface area contributed by atoms with Gasteiger partial charge in [-0.3, -0.25) is 4.79 Å². The maximum absolute atomic E-state index is 12.6. The van der Waals surface area contributed by atoms with Crippen LogP contribution in [0.15, 0.2) is 36.0 Å². The number of aliphatic hydroxyl groups is 1. The normalized spacial score (nSPS) is 36.3. The van der Waals surface area contributed by atoms with Gasteiger partial charge in [-0.25, -0.2) is 4.79 Å². The van der Waals surface area contributed by atoms with Gasteiger partial charge >= 0.3 is 6.09 Å². The standard InChI is InChI=1S/C32H48N2O8/c1-21(9-12-28-30(37)32(20-39-32)19-25(42-28)14-17-35)8-11-27-22(2)18-26(24(4)41-27)33-29(36)13-10-23(3)40-31(38)34-15-6-5-7-16-34/h8-10,12-13,17,22-28,30,37H,5-7,11,14-16,18-20H2,1-4H3,(H,33,36)/b12-9+,13-10-,21-8+/t22?,23?,24?,25-,26?,27?,28?,30-,32?/m1/s1. The summed E-state index contributed by atoms with van der Waals surface area (Å²) < 4.78 is 23.2. The molecule has 4 heterocycles. The van der Waals surface area contributed by atoms with E-state index in [2.05, 4.69) is 18.3 Å². The van der Waals surface area contributed by atoms with Gasteiger partial charge in [-0.1, -0.05) is 30.7 Å². The number of amides is 2. The lowest BCUT2D eigenvalue weighted by molar-refractivity contribution is -0.139. The number of nitrogens with one attached hydrogen (secondary N) is 1. The third-order valence-electron chi connectivity index (χ3n) is 8.83. The van der Waals surface area contributed by atoms with E-state index in [-0.39, 0.29) is 48.7 Å². The number of carbonyl (C=O) groups excluding carboxylic acids is 3. The lowest BCUT2D eigenvalue weighted by Crippen LogP contribution is -2.50. The predicted octanol–water partition coefficient (Wildman–Crippen LogP) is 3.62. The van der Waals surface area contributed by atoms with Crippen molar-refractivity contribution in [3.05, 3.63) is 36.0 Å². The molecular formula is C32H48N2O8.